The van der Waals surface area contributed by atoms with Gasteiger partial charge in [-0.1, -0.05) is 77.0 Å². The monoisotopic (exact) mass is 1820 g/mol. The molecule has 0 radical (unpaired) electrons. The molecule has 4 N–H and O–H groups in total. The molecule has 30 nitrogen and oxygen atoms in total. The molecule has 0 bridgehead atoms. The summed E-state index contributed by atoms with van der Waals surface area (Å²) in [6.07, 6.45) is 0.500. The van der Waals surface area contributed by atoms with Crippen LogP contribution in [0.15, 0.2) is 127 Å². The van der Waals surface area contributed by atoms with Gasteiger partial charge >= 0.3 is 36.2 Å². The lowest BCUT2D eigenvalue weighted by molar-refractivity contribution is -0.193. The summed E-state index contributed by atoms with van der Waals surface area (Å²) in [7, 11) is -21.3. The minimum absolute atomic E-state index is 0. The van der Waals surface area contributed by atoms with E-state index in [1.54, 1.807) is 19.9 Å². The van der Waals surface area contributed by atoms with Gasteiger partial charge in [0.15, 0.2) is 22.7 Å². The standard InChI is InChI=1S/C26H21Cl2NO11S2.C25H21Cl2NO9S2.C25H21Cl2NO3.2CO2.CH4/c1-5-29-20-10(3)7-13-16(17-15(27)8-14(25(30)31)19(28)18(17)26(32)33)12-6-9(2)11(4)23(41(34,35)36)21(12)40-22(13)24(20)42(37,38)39;1-5-28-20-11(3)9-14-17(18-15(26)6-7-16(27)19(18)25(29)30)13-8-10(2)12(4)23(38(31,32)33)21(13)37-22(14)24(20)39(34,35)36;1-5-28-19-11-21-16(9-14(19)4)22(15-8-12(2)13(3)10-20(15)31-21)23-17(26)6-7-18(27)24(23)25(29)30;2*2-1-3;/h6-8H,5H2,1-4H3,(H,30,31)(H,32,33)(H,34,35,36)(H,37,38,39);6-9H,5H2,1-4H3,(H,29,30)(H,31,32,33)(H,34,35,36);6-11H,5H2,1-4H3,(H,29,30);;;1H4/p-4. The van der Waals surface area contributed by atoms with Gasteiger partial charge in [-0.05, 0) is 206 Å². The van der Waals surface area contributed by atoms with Crippen molar-refractivity contribution in [2.75, 3.05) is 19.6 Å². The van der Waals surface area contributed by atoms with Crippen LogP contribution in [0.3, 0.4) is 0 Å². The number of carbonyl (C=O) groups is 4. The Morgan fingerprint density at radius 3 is 1.08 bits per heavy atom. The highest BCUT2D eigenvalue weighted by atomic mass is 35.5. The Labute approximate surface area is 707 Å². The molecular formula is C79H63Cl6N3O27S4-4. The van der Waals surface area contributed by atoms with E-state index in [9.17, 15) is 91.5 Å². The molecule has 0 atom stereocenters. The third kappa shape index (κ3) is 18.7. The van der Waals surface area contributed by atoms with Crippen LogP contribution in [0.2, 0.25) is 30.1 Å². The molecule has 6 aromatic carbocycles. The molecular weight excluding hydrogens is 1760 g/mol. The van der Waals surface area contributed by atoms with Gasteiger partial charge in [0.2, 0.25) is 0 Å². The van der Waals surface area contributed by atoms with Crippen molar-refractivity contribution in [2.24, 2.45) is 15.0 Å². The molecule has 626 valence electrons. The fraction of sp³-hybridized carbons (Fsp3) is 0.203. The van der Waals surface area contributed by atoms with E-state index in [-0.39, 0.29) is 131 Å². The minimum atomic E-state index is -5.42. The van der Waals surface area contributed by atoms with Crippen molar-refractivity contribution in [1.29, 1.82) is 0 Å². The maximum Gasteiger partial charge on any atom is 0.373 e. The molecule has 3 heterocycles. The number of carbonyl (C=O) groups excluding carboxylic acids is 4. The number of carboxylic acid groups (broad SMARTS) is 4. The Balaban J connectivity index is 0.000000239. The topological polar surface area (TPSA) is 523 Å². The van der Waals surface area contributed by atoms with E-state index in [1.165, 1.54) is 84.0 Å². The predicted molar refractivity (Wildman–Crippen MR) is 432 cm³/mol. The number of nitrogens with zero attached hydrogens (tertiary/aromatic N) is 3. The average Bonchev–Trinajstić information content (AvgIpc) is 0.717. The molecule has 119 heavy (non-hydrogen) atoms. The number of aryl methyl sites for hydroxylation is 7. The SMILES string of the molecule is C.CCN=c1c(C)cc2c(-c3c(Cl)cc(C(=O)O)c(Cl)c3C(=O)O)c3cc(C)c(C)c(S(=O)(=O)[O-])c3oc-2c1S(=O)(=O)[O-].CCN=c1c(C)cc2c(-c3c(Cl)ccc(Cl)c3C(=O)O)c3cc(C)c(C)c(S(=O)(=O)[O-])c3oc-2c1S(=O)(=O)[O-].CCN=c1cc2oc3cc(C)c(C)cc3c(-c3c(Cl)ccc(Cl)c3C(=O)O)c-2cc1C.O=C=O.O=C=O. The van der Waals surface area contributed by atoms with E-state index in [0.717, 1.165) is 39.1 Å². The molecule has 6 aromatic rings. The van der Waals surface area contributed by atoms with Crippen molar-refractivity contribution in [1.82, 2.24) is 0 Å². The van der Waals surface area contributed by atoms with Crippen LogP contribution in [0.25, 0.3) is 100 Å². The first kappa shape index (κ1) is 95.6. The number of halogens is 6. The van der Waals surface area contributed by atoms with E-state index >= 15 is 0 Å². The number of aromatic carboxylic acids is 4. The largest absolute Gasteiger partial charge is 0.744 e. The van der Waals surface area contributed by atoms with Gasteiger partial charge in [-0.3, -0.25) is 15.0 Å². The number of hydrogen-bond acceptors (Lipinski definition) is 26. The highest BCUT2D eigenvalue weighted by Gasteiger charge is 2.37. The molecule has 0 unspecified atom stereocenters. The summed E-state index contributed by atoms with van der Waals surface area (Å²) in [4.78, 5) is 90.5. The van der Waals surface area contributed by atoms with Crippen molar-refractivity contribution in [2.45, 2.75) is 110 Å². The zero-order chi connectivity index (χ0) is 88.7. The summed E-state index contributed by atoms with van der Waals surface area (Å²) in [6, 6.07) is 19.9. The van der Waals surface area contributed by atoms with Crippen LogP contribution < -0.4 is 16.1 Å². The highest BCUT2D eigenvalue weighted by Crippen LogP contribution is 2.53. The van der Waals surface area contributed by atoms with Crippen LogP contribution in [-0.2, 0) is 59.7 Å². The highest BCUT2D eigenvalue weighted by molar-refractivity contribution is 7.86. The van der Waals surface area contributed by atoms with E-state index in [0.29, 0.717) is 39.6 Å². The van der Waals surface area contributed by atoms with Crippen LogP contribution in [0, 0.1) is 62.3 Å². The lowest BCUT2D eigenvalue weighted by Crippen LogP contribution is -2.21. The number of hydrogen-bond donors (Lipinski definition) is 4. The zero-order valence-electron chi connectivity index (χ0n) is 63.0. The smallest absolute Gasteiger partial charge is 0.373 e. The van der Waals surface area contributed by atoms with Gasteiger partial charge in [0.05, 0.1) is 58.4 Å². The minimum Gasteiger partial charge on any atom is -0.744 e. The fourth-order valence-electron chi connectivity index (χ4n) is 13.3. The van der Waals surface area contributed by atoms with Gasteiger partial charge in [-0.2, -0.15) is 19.2 Å². The number of rotatable bonds is 14. The summed E-state index contributed by atoms with van der Waals surface area (Å²) in [5, 5.41) is 39.4. The van der Waals surface area contributed by atoms with Gasteiger partial charge in [0, 0.05) is 102 Å². The molecule has 0 spiro atoms. The Morgan fingerprint density at radius 2 is 0.723 bits per heavy atom. The molecule has 0 fully saturated rings. The van der Waals surface area contributed by atoms with E-state index in [4.69, 9.17) is 102 Å². The predicted octanol–water partition coefficient (Wildman–Crippen LogP) is 16.0. The second kappa shape index (κ2) is 37.0. The number of carboxylic acids is 4. The molecule has 0 saturated heterocycles. The van der Waals surface area contributed by atoms with Crippen LogP contribution in [0.4, 0.5) is 0 Å². The van der Waals surface area contributed by atoms with Crippen LogP contribution >= 0.6 is 69.6 Å². The van der Waals surface area contributed by atoms with Crippen molar-refractivity contribution < 1.29 is 124 Å². The Hall–Kier alpha value is -10.6. The zero-order valence-corrected chi connectivity index (χ0v) is 70.8. The van der Waals surface area contributed by atoms with Gasteiger partial charge in [0.25, 0.3) is 0 Å². The Morgan fingerprint density at radius 1 is 0.387 bits per heavy atom. The second-order valence-electron chi connectivity index (χ2n) is 25.7. The van der Waals surface area contributed by atoms with E-state index in [2.05, 4.69) is 15.0 Å². The van der Waals surface area contributed by atoms with Crippen molar-refractivity contribution in [3.8, 4) is 67.4 Å². The maximum absolute atomic E-state index is 12.6. The van der Waals surface area contributed by atoms with Gasteiger partial charge in [-0.15, -0.1) is 0 Å². The summed E-state index contributed by atoms with van der Waals surface area (Å²) in [5.41, 5.74) is 1.82. The van der Waals surface area contributed by atoms with Gasteiger partial charge in [0.1, 0.15) is 71.4 Å². The molecule has 3 aliphatic carbocycles. The fourth-order valence-corrected chi connectivity index (χ4v) is 18.4. The molecule has 0 saturated carbocycles. The summed E-state index contributed by atoms with van der Waals surface area (Å²) in [5.74, 6) is -6.73. The van der Waals surface area contributed by atoms with Gasteiger partial charge < -0.3 is 51.9 Å². The van der Waals surface area contributed by atoms with Crippen molar-refractivity contribution in [3.05, 3.63) is 197 Å². The molecule has 40 heteroatoms. The molecule has 12 rings (SSSR count). The normalized spacial score (nSPS) is 12.1. The average molecular weight is 1830 g/mol. The lowest BCUT2D eigenvalue weighted by Gasteiger charge is -2.25. The van der Waals surface area contributed by atoms with Gasteiger partial charge in [-0.25, -0.2) is 52.8 Å². The maximum atomic E-state index is 12.6. The summed E-state index contributed by atoms with van der Waals surface area (Å²) < 4.78 is 168. The van der Waals surface area contributed by atoms with E-state index < -0.39 is 139 Å². The first-order valence-electron chi connectivity index (χ1n) is 33.7. The number of fused-ring (bicyclic) bond motifs is 6. The lowest BCUT2D eigenvalue weighted by atomic mass is 9.88. The third-order valence-electron chi connectivity index (χ3n) is 18.4. The molecule has 6 aliphatic rings. The van der Waals surface area contributed by atoms with Crippen LogP contribution in [0.1, 0.15) is 120 Å². The summed E-state index contributed by atoms with van der Waals surface area (Å²) in [6.45, 7) is 20.4. The Bertz CT molecular complexity index is 7010. The van der Waals surface area contributed by atoms with E-state index in [1.807, 2.05) is 52.0 Å². The first-order chi connectivity index (χ1) is 54.9. The molecule has 0 aromatic heterocycles. The second-order valence-corrected chi connectivity index (χ2v) is 33.4. The Kier molecular flexibility index (Phi) is 29.7. The van der Waals surface area contributed by atoms with Crippen LogP contribution in [-0.4, -0.2) is 128 Å². The van der Waals surface area contributed by atoms with Crippen LogP contribution in [0.5, 0.6) is 0 Å². The quantitative estimate of drug-likeness (QED) is 0.0580. The first-order valence-corrected chi connectivity index (χ1v) is 41.6. The number of benzene rings is 9. The molecule has 3 aliphatic heterocycles. The summed E-state index contributed by atoms with van der Waals surface area (Å²) >= 11 is 38.4. The molecule has 0 amide bonds. The third-order valence-corrected chi connectivity index (χ3v) is 24.1. The van der Waals surface area contributed by atoms with Crippen molar-refractivity contribution in [3.63, 3.8) is 0 Å². The van der Waals surface area contributed by atoms with Crippen molar-refractivity contribution >= 4 is 179 Å².